The fourth-order valence-electron chi connectivity index (χ4n) is 7.16. The van der Waals surface area contributed by atoms with E-state index < -0.39 is 0 Å². The number of carbonyl (C=O) groups excluding carboxylic acids is 1. The zero-order chi connectivity index (χ0) is 38.5. The molecule has 0 fully saturated rings. The summed E-state index contributed by atoms with van der Waals surface area (Å²) < 4.78 is 5.38. The molecule has 0 heterocycles. The highest BCUT2D eigenvalue weighted by atomic mass is 16.5. The Hall–Kier alpha value is -3.47. The molecule has 0 aliphatic heterocycles. The topological polar surface area (TPSA) is 87.0 Å². The van der Waals surface area contributed by atoms with Gasteiger partial charge in [-0.25, -0.2) is 0 Å². The molecule has 3 aromatic carbocycles. The van der Waals surface area contributed by atoms with E-state index in [0.717, 1.165) is 62.9 Å². The van der Waals surface area contributed by atoms with Crippen molar-refractivity contribution in [3.05, 3.63) is 86.5 Å². The van der Waals surface area contributed by atoms with E-state index in [0.29, 0.717) is 36.7 Å². The minimum absolute atomic E-state index is 0.0489. The molecule has 0 amide bonds. The van der Waals surface area contributed by atoms with Gasteiger partial charge in [-0.15, -0.1) is 0 Å². The Morgan fingerprint density at radius 3 is 1.31 bits per heavy atom. The van der Waals surface area contributed by atoms with E-state index in [1.54, 1.807) is 0 Å². The minimum atomic E-state index is -0.116. The highest BCUT2D eigenvalue weighted by Crippen LogP contribution is 2.39. The molecule has 0 aromatic heterocycles. The van der Waals surface area contributed by atoms with Gasteiger partial charge in [-0.05, 0) is 82.2 Å². The summed E-state index contributed by atoms with van der Waals surface area (Å²) in [5.41, 5.74) is 8.51. The Kier molecular flexibility index (Phi) is 21.2. The largest absolute Gasteiger partial charge is 0.507 e. The Labute approximate surface area is 317 Å². The third-order valence-electron chi connectivity index (χ3n) is 10.3. The van der Waals surface area contributed by atoms with Crippen LogP contribution in [0.5, 0.6) is 17.2 Å². The molecule has 5 heteroatoms. The van der Waals surface area contributed by atoms with Gasteiger partial charge in [-0.1, -0.05) is 158 Å². The lowest BCUT2D eigenvalue weighted by Gasteiger charge is -2.19. The highest BCUT2D eigenvalue weighted by Gasteiger charge is 2.19. The van der Waals surface area contributed by atoms with Gasteiger partial charge >= 0.3 is 5.97 Å². The van der Waals surface area contributed by atoms with E-state index in [9.17, 15) is 20.1 Å². The first-order valence-electron chi connectivity index (χ1n) is 20.4. The average molecular weight is 717 g/mol. The maximum atomic E-state index is 11.9. The zero-order valence-electron chi connectivity index (χ0n) is 34.1. The highest BCUT2D eigenvalue weighted by molar-refractivity contribution is 5.69. The summed E-state index contributed by atoms with van der Waals surface area (Å²) in [6, 6.07) is 11.8. The third kappa shape index (κ3) is 16.5. The lowest BCUT2D eigenvalue weighted by atomic mass is 9.87. The standard InChI is InChI=1S/C29H50O3.C18H22O2/c1-4-5-6-7-8-9-10-11-12-13-14-15-16-17-18-19-22-32-28(30)21-20-27-23-25(2)29(31)26(3)24-27;1-10-6-12(3)17(19)15(8-10)14(5)16-9-11(2)7-13(4)18(16)20/h23-24,31H,4-22H2,1-3H3;6-9,14,19-20H,1-5H3. The van der Waals surface area contributed by atoms with Crippen LogP contribution in [0.4, 0.5) is 0 Å². The van der Waals surface area contributed by atoms with Crippen LogP contribution in [0, 0.1) is 41.5 Å². The molecule has 0 aliphatic carbocycles. The number of carbonyl (C=O) groups is 1. The monoisotopic (exact) mass is 717 g/mol. The summed E-state index contributed by atoms with van der Waals surface area (Å²) in [6.45, 7) is 16.5. The molecule has 0 radical (unpaired) electrons. The van der Waals surface area contributed by atoms with Crippen molar-refractivity contribution in [1.82, 2.24) is 0 Å². The van der Waals surface area contributed by atoms with Crippen LogP contribution in [-0.2, 0) is 16.0 Å². The van der Waals surface area contributed by atoms with E-state index in [-0.39, 0.29) is 11.9 Å². The van der Waals surface area contributed by atoms with Crippen LogP contribution in [-0.4, -0.2) is 27.9 Å². The average Bonchev–Trinajstić information content (AvgIpc) is 3.10. The number of benzene rings is 3. The Morgan fingerprint density at radius 2 is 0.904 bits per heavy atom. The first-order valence-corrected chi connectivity index (χ1v) is 20.4. The molecule has 0 saturated heterocycles. The van der Waals surface area contributed by atoms with Crippen LogP contribution in [0.2, 0.25) is 0 Å². The Balaban J connectivity index is 0.000000399. The Morgan fingerprint density at radius 1 is 0.538 bits per heavy atom. The van der Waals surface area contributed by atoms with E-state index in [1.165, 1.54) is 89.9 Å². The molecule has 0 unspecified atom stereocenters. The normalized spacial score (nSPS) is 11.1. The number of phenolic OH excluding ortho intramolecular Hbond substituents is 3. The molecule has 3 rings (SSSR count). The molecule has 3 N–H and O–H groups in total. The van der Waals surface area contributed by atoms with E-state index in [2.05, 4.69) is 6.92 Å². The number of aryl methyl sites for hydroxylation is 7. The molecule has 52 heavy (non-hydrogen) atoms. The molecule has 290 valence electrons. The molecule has 3 aromatic rings. The quantitative estimate of drug-likeness (QED) is 0.0712. The summed E-state index contributed by atoms with van der Waals surface area (Å²) in [4.78, 5) is 11.9. The zero-order valence-corrected chi connectivity index (χ0v) is 34.1. The number of esters is 1. The van der Waals surface area contributed by atoms with Crippen molar-refractivity contribution in [3.63, 3.8) is 0 Å². The van der Waals surface area contributed by atoms with Crippen molar-refractivity contribution < 1.29 is 24.9 Å². The lowest BCUT2D eigenvalue weighted by Crippen LogP contribution is -2.07. The van der Waals surface area contributed by atoms with Crippen molar-refractivity contribution in [2.24, 2.45) is 0 Å². The first-order chi connectivity index (χ1) is 24.8. The summed E-state index contributed by atoms with van der Waals surface area (Å²) in [5, 5.41) is 30.4. The molecular formula is C47H72O5. The molecule has 0 saturated carbocycles. The fraction of sp³-hybridized carbons (Fsp3) is 0.596. The van der Waals surface area contributed by atoms with Gasteiger partial charge in [0, 0.05) is 23.5 Å². The van der Waals surface area contributed by atoms with E-state index in [4.69, 9.17) is 4.74 Å². The van der Waals surface area contributed by atoms with Gasteiger partial charge in [0.25, 0.3) is 0 Å². The molecule has 0 atom stereocenters. The van der Waals surface area contributed by atoms with Crippen LogP contribution in [0.15, 0.2) is 36.4 Å². The third-order valence-corrected chi connectivity index (χ3v) is 10.3. The van der Waals surface area contributed by atoms with Gasteiger partial charge in [0.2, 0.25) is 0 Å². The van der Waals surface area contributed by atoms with E-state index >= 15 is 0 Å². The SMILES string of the molecule is CCCCCCCCCCCCCCCCCCOC(=O)CCc1cc(C)c(O)c(C)c1.Cc1cc(C)c(O)c(C(C)c2cc(C)cc(C)c2O)c1. The number of aromatic hydroxyl groups is 3. The fourth-order valence-corrected chi connectivity index (χ4v) is 7.16. The molecule has 5 nitrogen and oxygen atoms in total. The number of phenols is 3. The lowest BCUT2D eigenvalue weighted by molar-refractivity contribution is -0.143. The number of hydrogen-bond acceptors (Lipinski definition) is 5. The molecule has 0 spiro atoms. The van der Waals surface area contributed by atoms with Crippen LogP contribution in [0.1, 0.15) is 179 Å². The van der Waals surface area contributed by atoms with Gasteiger partial charge in [0.1, 0.15) is 17.2 Å². The second-order valence-corrected chi connectivity index (χ2v) is 15.4. The van der Waals surface area contributed by atoms with Crippen molar-refractivity contribution >= 4 is 5.97 Å². The maximum absolute atomic E-state index is 11.9. The van der Waals surface area contributed by atoms with Crippen molar-refractivity contribution in [3.8, 4) is 17.2 Å². The van der Waals surface area contributed by atoms with Gasteiger partial charge in [-0.3, -0.25) is 4.79 Å². The van der Waals surface area contributed by atoms with Gasteiger partial charge in [0.15, 0.2) is 0 Å². The summed E-state index contributed by atoms with van der Waals surface area (Å²) in [7, 11) is 0. The molecule has 0 aliphatic rings. The van der Waals surface area contributed by atoms with Gasteiger partial charge < -0.3 is 20.1 Å². The molecule has 0 bridgehead atoms. The van der Waals surface area contributed by atoms with E-state index in [1.807, 2.05) is 84.9 Å². The smallest absolute Gasteiger partial charge is 0.306 e. The summed E-state index contributed by atoms with van der Waals surface area (Å²) in [6.07, 6.45) is 22.6. The van der Waals surface area contributed by atoms with Gasteiger partial charge in [0.05, 0.1) is 6.61 Å². The first kappa shape index (κ1) is 44.7. The minimum Gasteiger partial charge on any atom is -0.507 e. The number of rotatable bonds is 22. The second-order valence-electron chi connectivity index (χ2n) is 15.4. The summed E-state index contributed by atoms with van der Waals surface area (Å²) >= 11 is 0. The maximum Gasteiger partial charge on any atom is 0.306 e. The Bertz CT molecular complexity index is 1410. The number of ether oxygens (including phenoxy) is 1. The molecular weight excluding hydrogens is 645 g/mol. The van der Waals surface area contributed by atoms with Crippen molar-refractivity contribution in [1.29, 1.82) is 0 Å². The van der Waals surface area contributed by atoms with Crippen molar-refractivity contribution in [2.75, 3.05) is 6.61 Å². The van der Waals surface area contributed by atoms with Crippen LogP contribution >= 0.6 is 0 Å². The van der Waals surface area contributed by atoms with Crippen molar-refractivity contribution in [2.45, 2.75) is 177 Å². The number of unbranched alkanes of at least 4 members (excludes halogenated alkanes) is 15. The number of hydrogen-bond donors (Lipinski definition) is 3. The summed E-state index contributed by atoms with van der Waals surface area (Å²) in [5.74, 6) is 0.824. The predicted octanol–water partition coefficient (Wildman–Crippen LogP) is 13.2. The second kappa shape index (κ2) is 24.7. The predicted molar refractivity (Wildman–Crippen MR) is 219 cm³/mol. The van der Waals surface area contributed by atoms with Gasteiger partial charge in [-0.2, -0.15) is 0 Å². The van der Waals surface area contributed by atoms with Crippen LogP contribution in [0.25, 0.3) is 0 Å². The van der Waals surface area contributed by atoms with Crippen LogP contribution in [0.3, 0.4) is 0 Å². The van der Waals surface area contributed by atoms with Crippen LogP contribution < -0.4 is 0 Å².